The molecular weight excluding hydrogens is 295 g/mol. The molecule has 0 aromatic heterocycles. The van der Waals surface area contributed by atoms with Crippen LogP contribution in [0, 0.1) is 12.7 Å². The summed E-state index contributed by atoms with van der Waals surface area (Å²) in [5.74, 6) is -0.379. The van der Waals surface area contributed by atoms with Crippen molar-refractivity contribution >= 4 is 17.5 Å². The fraction of sp³-hybridized carbons (Fsp3) is 0.222. The summed E-state index contributed by atoms with van der Waals surface area (Å²) in [7, 11) is 0. The number of halogens is 1. The van der Waals surface area contributed by atoms with Gasteiger partial charge in [-0.25, -0.2) is 9.18 Å². The first-order chi connectivity index (χ1) is 10.9. The number of benzene rings is 2. The zero-order chi connectivity index (χ0) is 17.0. The van der Waals surface area contributed by atoms with Crippen molar-refractivity contribution in [2.75, 3.05) is 5.32 Å². The third-order valence-corrected chi connectivity index (χ3v) is 3.61. The SMILES string of the molecule is CC(=O)c1ccc(C)c(NC(=O)NC(C)c2ccc(F)cc2)c1. The molecule has 0 spiro atoms. The van der Waals surface area contributed by atoms with Crippen LogP contribution < -0.4 is 10.6 Å². The molecule has 5 heteroatoms. The summed E-state index contributed by atoms with van der Waals surface area (Å²) in [5.41, 5.74) is 2.79. The third kappa shape index (κ3) is 4.39. The van der Waals surface area contributed by atoms with E-state index in [1.165, 1.54) is 19.1 Å². The zero-order valence-electron chi connectivity index (χ0n) is 13.3. The molecule has 0 aliphatic heterocycles. The van der Waals surface area contributed by atoms with Gasteiger partial charge in [-0.2, -0.15) is 0 Å². The molecule has 2 aromatic carbocycles. The highest BCUT2D eigenvalue weighted by Gasteiger charge is 2.11. The van der Waals surface area contributed by atoms with Gasteiger partial charge in [0.15, 0.2) is 5.78 Å². The number of rotatable bonds is 4. The number of anilines is 1. The molecule has 0 fully saturated rings. The van der Waals surface area contributed by atoms with Crippen molar-refractivity contribution in [3.05, 3.63) is 65.0 Å². The molecule has 4 nitrogen and oxygen atoms in total. The minimum atomic E-state index is -0.384. The molecule has 120 valence electrons. The number of hydrogen-bond donors (Lipinski definition) is 2. The summed E-state index contributed by atoms with van der Waals surface area (Å²) in [4.78, 5) is 23.5. The molecule has 0 bridgehead atoms. The molecule has 0 aliphatic rings. The Bertz CT molecular complexity index is 726. The Morgan fingerprint density at radius 2 is 1.74 bits per heavy atom. The summed E-state index contributed by atoms with van der Waals surface area (Å²) in [6.07, 6.45) is 0. The van der Waals surface area contributed by atoms with Crippen LogP contribution in [0.1, 0.15) is 41.4 Å². The summed E-state index contributed by atoms with van der Waals surface area (Å²) < 4.78 is 12.9. The van der Waals surface area contributed by atoms with Gasteiger partial charge in [-0.15, -0.1) is 0 Å². The summed E-state index contributed by atoms with van der Waals surface area (Å²) in [5, 5.41) is 5.52. The van der Waals surface area contributed by atoms with E-state index < -0.39 is 0 Å². The number of aryl methyl sites for hydroxylation is 1. The number of ketones is 1. The summed E-state index contributed by atoms with van der Waals surface area (Å²) >= 11 is 0. The van der Waals surface area contributed by atoms with E-state index in [1.807, 2.05) is 13.8 Å². The van der Waals surface area contributed by atoms with Crippen LogP contribution in [0.15, 0.2) is 42.5 Å². The van der Waals surface area contributed by atoms with E-state index in [4.69, 9.17) is 0 Å². The lowest BCUT2D eigenvalue weighted by atomic mass is 10.1. The van der Waals surface area contributed by atoms with E-state index in [1.54, 1.807) is 30.3 Å². The van der Waals surface area contributed by atoms with E-state index >= 15 is 0 Å². The highest BCUT2D eigenvalue weighted by Crippen LogP contribution is 2.18. The molecule has 2 amide bonds. The van der Waals surface area contributed by atoms with Crippen molar-refractivity contribution in [1.29, 1.82) is 0 Å². The monoisotopic (exact) mass is 314 g/mol. The molecule has 2 N–H and O–H groups in total. The maximum atomic E-state index is 12.9. The number of carbonyl (C=O) groups excluding carboxylic acids is 2. The first kappa shape index (κ1) is 16.7. The molecule has 0 heterocycles. The second kappa shape index (κ2) is 7.05. The molecule has 0 radical (unpaired) electrons. The third-order valence-electron chi connectivity index (χ3n) is 3.61. The molecule has 1 atom stereocenters. The molecule has 1 unspecified atom stereocenters. The van der Waals surface area contributed by atoms with Gasteiger partial charge in [0.1, 0.15) is 5.82 Å². The Kier molecular flexibility index (Phi) is 5.11. The van der Waals surface area contributed by atoms with Gasteiger partial charge >= 0.3 is 6.03 Å². The van der Waals surface area contributed by atoms with Crippen LogP contribution in [-0.2, 0) is 0 Å². The smallest absolute Gasteiger partial charge is 0.319 e. The molecule has 0 saturated heterocycles. The van der Waals surface area contributed by atoms with Crippen LogP contribution in [0.25, 0.3) is 0 Å². The van der Waals surface area contributed by atoms with Crippen LogP contribution >= 0.6 is 0 Å². The molecule has 0 saturated carbocycles. The highest BCUT2D eigenvalue weighted by molar-refractivity contribution is 5.97. The van der Waals surface area contributed by atoms with Crippen molar-refractivity contribution in [2.45, 2.75) is 26.8 Å². The average molecular weight is 314 g/mol. The molecule has 2 aromatic rings. The van der Waals surface area contributed by atoms with Gasteiger partial charge in [-0.05, 0) is 50.1 Å². The summed E-state index contributed by atoms with van der Waals surface area (Å²) in [6, 6.07) is 10.5. The zero-order valence-corrected chi connectivity index (χ0v) is 13.3. The predicted octanol–water partition coefficient (Wildman–Crippen LogP) is 4.22. The maximum Gasteiger partial charge on any atom is 0.319 e. The van der Waals surface area contributed by atoms with E-state index in [2.05, 4.69) is 10.6 Å². The van der Waals surface area contributed by atoms with E-state index in [0.29, 0.717) is 11.3 Å². The van der Waals surface area contributed by atoms with Crippen LogP contribution in [0.2, 0.25) is 0 Å². The second-order valence-electron chi connectivity index (χ2n) is 5.46. The van der Waals surface area contributed by atoms with E-state index in [9.17, 15) is 14.0 Å². The molecule has 0 aliphatic carbocycles. The van der Waals surface area contributed by atoms with Crippen LogP contribution in [0.4, 0.5) is 14.9 Å². The van der Waals surface area contributed by atoms with Crippen molar-refractivity contribution in [2.24, 2.45) is 0 Å². The Morgan fingerprint density at radius 1 is 1.09 bits per heavy atom. The van der Waals surface area contributed by atoms with Gasteiger partial charge in [0, 0.05) is 11.3 Å². The Morgan fingerprint density at radius 3 is 2.35 bits per heavy atom. The standard InChI is InChI=1S/C18H19FN2O2/c1-11-4-5-15(13(3)22)10-17(11)21-18(23)20-12(2)14-6-8-16(19)9-7-14/h4-10,12H,1-3H3,(H2,20,21,23). The average Bonchev–Trinajstić information content (AvgIpc) is 2.49. The molecule has 23 heavy (non-hydrogen) atoms. The Balaban J connectivity index is 2.06. The van der Waals surface area contributed by atoms with Crippen LogP contribution in [0.5, 0.6) is 0 Å². The Labute approximate surface area is 134 Å². The van der Waals surface area contributed by atoms with E-state index in [0.717, 1.165) is 11.1 Å². The number of urea groups is 1. The van der Waals surface area contributed by atoms with Crippen molar-refractivity contribution in [3.8, 4) is 0 Å². The maximum absolute atomic E-state index is 12.9. The fourth-order valence-corrected chi connectivity index (χ4v) is 2.17. The number of Topliss-reactive ketones (excluding diaryl/α,β-unsaturated/α-hetero) is 1. The first-order valence-corrected chi connectivity index (χ1v) is 7.31. The van der Waals surface area contributed by atoms with Gasteiger partial charge in [0.25, 0.3) is 0 Å². The number of carbonyl (C=O) groups is 2. The van der Waals surface area contributed by atoms with Gasteiger partial charge in [-0.1, -0.05) is 24.3 Å². The minimum absolute atomic E-state index is 0.0619. The normalized spacial score (nSPS) is 11.7. The lowest BCUT2D eigenvalue weighted by molar-refractivity contribution is 0.101. The fourth-order valence-electron chi connectivity index (χ4n) is 2.17. The summed E-state index contributed by atoms with van der Waals surface area (Å²) in [6.45, 7) is 5.14. The lowest BCUT2D eigenvalue weighted by Crippen LogP contribution is -2.31. The minimum Gasteiger partial charge on any atom is -0.331 e. The van der Waals surface area contributed by atoms with Gasteiger partial charge in [-0.3, -0.25) is 4.79 Å². The number of amides is 2. The molecular formula is C18H19FN2O2. The van der Waals surface area contributed by atoms with Crippen molar-refractivity contribution in [3.63, 3.8) is 0 Å². The van der Waals surface area contributed by atoms with Gasteiger partial charge in [0.2, 0.25) is 0 Å². The van der Waals surface area contributed by atoms with Crippen molar-refractivity contribution < 1.29 is 14.0 Å². The number of nitrogens with one attached hydrogen (secondary N) is 2. The van der Waals surface area contributed by atoms with Gasteiger partial charge in [0.05, 0.1) is 6.04 Å². The lowest BCUT2D eigenvalue weighted by Gasteiger charge is -2.16. The largest absolute Gasteiger partial charge is 0.331 e. The quantitative estimate of drug-likeness (QED) is 0.830. The highest BCUT2D eigenvalue weighted by atomic mass is 19.1. The predicted molar refractivity (Wildman–Crippen MR) is 88.2 cm³/mol. The topological polar surface area (TPSA) is 58.2 Å². The van der Waals surface area contributed by atoms with Crippen LogP contribution in [-0.4, -0.2) is 11.8 Å². The van der Waals surface area contributed by atoms with E-state index in [-0.39, 0.29) is 23.7 Å². The van der Waals surface area contributed by atoms with Gasteiger partial charge < -0.3 is 10.6 Å². The van der Waals surface area contributed by atoms with Crippen LogP contribution in [0.3, 0.4) is 0 Å². The Hall–Kier alpha value is -2.69. The number of hydrogen-bond acceptors (Lipinski definition) is 2. The van der Waals surface area contributed by atoms with Crippen molar-refractivity contribution in [1.82, 2.24) is 5.32 Å². The second-order valence-corrected chi connectivity index (χ2v) is 5.46. The molecule has 2 rings (SSSR count). The first-order valence-electron chi connectivity index (χ1n) is 7.31.